The Balaban J connectivity index is 1.50. The number of nitrogens with one attached hydrogen (secondary N) is 1. The number of carboxylic acid groups (broad SMARTS) is 1. The van der Waals surface area contributed by atoms with Crippen LogP contribution in [-0.2, 0) is 14.9 Å². The number of aryl methyl sites for hydroxylation is 1. The molecule has 190 valence electrons. The van der Waals surface area contributed by atoms with Crippen molar-refractivity contribution in [1.29, 1.82) is 0 Å². The van der Waals surface area contributed by atoms with Crippen LogP contribution in [0.3, 0.4) is 0 Å². The monoisotopic (exact) mass is 518 g/mol. The molecule has 3 aromatic carbocycles. The summed E-state index contributed by atoms with van der Waals surface area (Å²) in [7, 11) is 0. The zero-order chi connectivity index (χ0) is 26.7. The third-order valence-corrected chi connectivity index (χ3v) is 6.69. The molecule has 2 N–H and O–H groups in total. The molecule has 4 rings (SSSR count). The molecule has 8 heteroatoms. The lowest BCUT2D eigenvalue weighted by Crippen LogP contribution is -2.28. The number of carbonyl (C=O) groups excluding carboxylic acids is 1. The van der Waals surface area contributed by atoms with Crippen LogP contribution in [0, 0.1) is 6.92 Å². The molecule has 0 aliphatic heterocycles. The van der Waals surface area contributed by atoms with Gasteiger partial charge >= 0.3 is 12.1 Å². The number of aromatic nitrogens is 1. The van der Waals surface area contributed by atoms with E-state index >= 15 is 0 Å². The van der Waals surface area contributed by atoms with Crippen LogP contribution in [0.5, 0.6) is 0 Å². The molecule has 0 aliphatic carbocycles. The van der Waals surface area contributed by atoms with Crippen molar-refractivity contribution in [3.8, 4) is 22.4 Å². The summed E-state index contributed by atoms with van der Waals surface area (Å²) in [5.74, 6) is -0.433. The molecule has 7 nitrogen and oxygen atoms in total. The van der Waals surface area contributed by atoms with Crippen molar-refractivity contribution in [1.82, 2.24) is 5.16 Å². The maximum atomic E-state index is 12.6. The van der Waals surface area contributed by atoms with Gasteiger partial charge in [-0.2, -0.15) is 0 Å². The molecule has 1 unspecified atom stereocenters. The predicted molar refractivity (Wildman–Crippen MR) is 143 cm³/mol. The fourth-order valence-electron chi connectivity index (χ4n) is 3.90. The van der Waals surface area contributed by atoms with Crippen LogP contribution < -0.4 is 5.32 Å². The first-order chi connectivity index (χ1) is 17.6. The highest BCUT2D eigenvalue weighted by molar-refractivity contribution is 6.31. The van der Waals surface area contributed by atoms with Crippen LogP contribution in [0.1, 0.15) is 43.8 Å². The van der Waals surface area contributed by atoms with Crippen LogP contribution >= 0.6 is 11.6 Å². The summed E-state index contributed by atoms with van der Waals surface area (Å²) >= 11 is 6.21. The summed E-state index contributed by atoms with van der Waals surface area (Å²) in [6.45, 7) is 6.81. The minimum atomic E-state index is -0.969. The fourth-order valence-corrected chi connectivity index (χ4v) is 4.19. The number of benzene rings is 3. The van der Waals surface area contributed by atoms with Gasteiger partial charge in [0.15, 0.2) is 5.76 Å². The Morgan fingerprint density at radius 2 is 1.54 bits per heavy atom. The van der Waals surface area contributed by atoms with Crippen LogP contribution in [0.2, 0.25) is 5.02 Å². The molecule has 37 heavy (non-hydrogen) atoms. The van der Waals surface area contributed by atoms with E-state index in [1.54, 1.807) is 39.8 Å². The number of anilines is 1. The van der Waals surface area contributed by atoms with Crippen LogP contribution in [0.4, 0.5) is 10.5 Å². The minimum Gasteiger partial charge on any atom is -0.481 e. The van der Waals surface area contributed by atoms with Gasteiger partial charge in [0.05, 0.1) is 5.41 Å². The standard InChI is InChI=1S/C29H27ClN2O5/c1-17(23-7-5-6-8-24(23)30)36-28(35)31-25-18(2)37-32-26(25)21-11-9-19(10-12-21)20-13-15-22(16-14-20)29(3,4)27(33)34/h5-17H,1-4H3,(H,31,35)(H,33,34). The number of halogens is 1. The second-order valence-electron chi connectivity index (χ2n) is 9.24. The van der Waals surface area contributed by atoms with Gasteiger partial charge in [-0.15, -0.1) is 0 Å². The third-order valence-electron chi connectivity index (χ3n) is 6.35. The minimum absolute atomic E-state index is 0.421. The van der Waals surface area contributed by atoms with Gasteiger partial charge in [-0.3, -0.25) is 10.1 Å². The summed E-state index contributed by atoms with van der Waals surface area (Å²) in [5, 5.41) is 16.8. The number of ether oxygens (including phenoxy) is 1. The van der Waals surface area contributed by atoms with E-state index in [1.165, 1.54) is 0 Å². The summed E-state index contributed by atoms with van der Waals surface area (Å²) < 4.78 is 10.9. The number of hydrogen-bond donors (Lipinski definition) is 2. The van der Waals surface area contributed by atoms with E-state index in [0.717, 1.165) is 22.3 Å². The van der Waals surface area contributed by atoms with Crippen molar-refractivity contribution in [3.05, 3.63) is 94.7 Å². The van der Waals surface area contributed by atoms with Gasteiger partial charge in [-0.25, -0.2) is 4.79 Å². The average Bonchev–Trinajstić information content (AvgIpc) is 3.24. The lowest BCUT2D eigenvalue weighted by atomic mass is 9.84. The topological polar surface area (TPSA) is 102 Å². The van der Waals surface area contributed by atoms with Gasteiger partial charge < -0.3 is 14.4 Å². The van der Waals surface area contributed by atoms with Gasteiger partial charge in [0.1, 0.15) is 17.5 Å². The fraction of sp³-hybridized carbons (Fsp3) is 0.207. The number of rotatable bonds is 7. The maximum Gasteiger partial charge on any atom is 0.412 e. The highest BCUT2D eigenvalue weighted by Gasteiger charge is 2.29. The zero-order valence-electron chi connectivity index (χ0n) is 20.9. The molecular formula is C29H27ClN2O5. The van der Waals surface area contributed by atoms with Crippen molar-refractivity contribution in [2.45, 2.75) is 39.2 Å². The van der Waals surface area contributed by atoms with Gasteiger partial charge in [-0.1, -0.05) is 83.5 Å². The normalized spacial score (nSPS) is 12.1. The molecule has 1 atom stereocenters. The summed E-state index contributed by atoms with van der Waals surface area (Å²) in [4.78, 5) is 24.2. The van der Waals surface area contributed by atoms with Crippen molar-refractivity contribution >= 4 is 29.4 Å². The number of carbonyl (C=O) groups is 2. The first-order valence-corrected chi connectivity index (χ1v) is 12.1. The SMILES string of the molecule is Cc1onc(-c2ccc(-c3ccc(C(C)(C)C(=O)O)cc3)cc2)c1NC(=O)OC(C)c1ccccc1Cl. The largest absolute Gasteiger partial charge is 0.481 e. The molecule has 0 fully saturated rings. The molecule has 1 amide bonds. The Labute approximate surface area is 220 Å². The lowest BCUT2D eigenvalue weighted by molar-refractivity contribution is -0.142. The Kier molecular flexibility index (Phi) is 7.36. The van der Waals surface area contributed by atoms with Gasteiger partial charge in [0, 0.05) is 16.1 Å². The Morgan fingerprint density at radius 3 is 2.14 bits per heavy atom. The van der Waals surface area contributed by atoms with E-state index in [2.05, 4.69) is 10.5 Å². The van der Waals surface area contributed by atoms with E-state index in [4.69, 9.17) is 20.9 Å². The Morgan fingerprint density at radius 1 is 0.973 bits per heavy atom. The van der Waals surface area contributed by atoms with E-state index < -0.39 is 23.6 Å². The molecule has 0 spiro atoms. The molecule has 4 aromatic rings. The molecule has 1 heterocycles. The van der Waals surface area contributed by atoms with Gasteiger partial charge in [0.25, 0.3) is 0 Å². The van der Waals surface area contributed by atoms with E-state index in [0.29, 0.717) is 27.7 Å². The van der Waals surface area contributed by atoms with E-state index in [-0.39, 0.29) is 0 Å². The lowest BCUT2D eigenvalue weighted by Gasteiger charge is -2.19. The van der Waals surface area contributed by atoms with Crippen LogP contribution in [0.15, 0.2) is 77.3 Å². The number of nitrogens with zero attached hydrogens (tertiary/aromatic N) is 1. The number of aliphatic carboxylic acids is 1. The molecule has 0 saturated heterocycles. The van der Waals surface area contributed by atoms with E-state index in [1.807, 2.05) is 60.7 Å². The quantitative estimate of drug-likeness (QED) is 0.260. The first kappa shape index (κ1) is 26.0. The summed E-state index contributed by atoms with van der Waals surface area (Å²) in [5.41, 5.74) is 4.01. The highest BCUT2D eigenvalue weighted by atomic mass is 35.5. The molecule has 0 bridgehead atoms. The van der Waals surface area contributed by atoms with E-state index in [9.17, 15) is 14.7 Å². The molecular weight excluding hydrogens is 492 g/mol. The number of carboxylic acids is 1. The first-order valence-electron chi connectivity index (χ1n) is 11.7. The molecule has 1 aromatic heterocycles. The Bertz CT molecular complexity index is 1430. The average molecular weight is 519 g/mol. The predicted octanol–water partition coefficient (Wildman–Crippen LogP) is 7.64. The second kappa shape index (κ2) is 10.5. The Hall–Kier alpha value is -4.10. The van der Waals surface area contributed by atoms with Gasteiger partial charge in [0.2, 0.25) is 0 Å². The number of hydrogen-bond acceptors (Lipinski definition) is 5. The number of amides is 1. The highest BCUT2D eigenvalue weighted by Crippen LogP contribution is 2.33. The van der Waals surface area contributed by atoms with Crippen LogP contribution in [0.25, 0.3) is 22.4 Å². The van der Waals surface area contributed by atoms with Crippen molar-refractivity contribution < 1.29 is 24.0 Å². The molecule has 0 saturated carbocycles. The smallest absolute Gasteiger partial charge is 0.412 e. The van der Waals surface area contributed by atoms with Crippen LogP contribution in [-0.4, -0.2) is 22.3 Å². The summed E-state index contributed by atoms with van der Waals surface area (Å²) in [6, 6.07) is 22.3. The molecule has 0 radical (unpaired) electrons. The zero-order valence-corrected chi connectivity index (χ0v) is 21.7. The summed E-state index contributed by atoms with van der Waals surface area (Å²) in [6.07, 6.45) is -1.20. The second-order valence-corrected chi connectivity index (χ2v) is 9.65. The van der Waals surface area contributed by atoms with Crippen molar-refractivity contribution in [2.24, 2.45) is 0 Å². The maximum absolute atomic E-state index is 12.6. The van der Waals surface area contributed by atoms with Gasteiger partial charge in [-0.05, 0) is 50.5 Å². The van der Waals surface area contributed by atoms with Crippen molar-refractivity contribution in [3.63, 3.8) is 0 Å². The van der Waals surface area contributed by atoms with Crippen molar-refractivity contribution in [2.75, 3.05) is 5.32 Å². The molecule has 0 aliphatic rings. The third kappa shape index (κ3) is 5.52.